The second-order valence-electron chi connectivity index (χ2n) is 9.53. The molecule has 1 aromatic rings. The van der Waals surface area contributed by atoms with Gasteiger partial charge in [0.1, 0.15) is 23.4 Å². The maximum absolute atomic E-state index is 13.0. The number of rotatable bonds is 6. The molecule has 0 aromatic carbocycles. The van der Waals surface area contributed by atoms with Gasteiger partial charge in [0, 0.05) is 18.3 Å². The lowest BCUT2D eigenvalue weighted by atomic mass is 9.94. The Balaban J connectivity index is 1.77. The molecule has 172 valence electrons. The number of aromatic nitrogens is 1. The number of alkyl halides is 3. The maximum atomic E-state index is 13.0. The first kappa shape index (κ1) is 23.3. The first-order chi connectivity index (χ1) is 14.2. The zero-order valence-electron chi connectivity index (χ0n) is 18.3. The number of carboxylic acids is 1. The van der Waals surface area contributed by atoms with Crippen LogP contribution in [0.4, 0.5) is 24.8 Å². The molecule has 2 N–H and O–H groups in total. The highest BCUT2D eigenvalue weighted by Gasteiger charge is 2.48. The molecule has 0 radical (unpaired) electrons. The van der Waals surface area contributed by atoms with Gasteiger partial charge in [0.05, 0.1) is 12.0 Å². The highest BCUT2D eigenvalue weighted by molar-refractivity contribution is 5.94. The minimum atomic E-state index is -4.38. The molecule has 2 aliphatic rings. The van der Waals surface area contributed by atoms with Crippen LogP contribution in [0.2, 0.25) is 0 Å². The molecule has 1 saturated heterocycles. The van der Waals surface area contributed by atoms with E-state index in [1.807, 2.05) is 4.90 Å². The van der Waals surface area contributed by atoms with Gasteiger partial charge < -0.3 is 14.7 Å². The first-order valence-electron chi connectivity index (χ1n) is 10.2. The Morgan fingerprint density at radius 2 is 2.03 bits per heavy atom. The van der Waals surface area contributed by atoms with Crippen LogP contribution in [0.1, 0.15) is 51.4 Å². The molecule has 0 spiro atoms. The normalized spacial score (nSPS) is 23.6. The van der Waals surface area contributed by atoms with Crippen LogP contribution in [0.3, 0.4) is 0 Å². The fourth-order valence-electron chi connectivity index (χ4n) is 3.91. The van der Waals surface area contributed by atoms with Crippen molar-refractivity contribution < 1.29 is 27.8 Å². The molecular weight excluding hydrogens is 413 g/mol. The van der Waals surface area contributed by atoms with Crippen molar-refractivity contribution in [2.75, 3.05) is 23.1 Å². The summed E-state index contributed by atoms with van der Waals surface area (Å²) in [6.07, 6.45) is -1.03. The molecule has 0 aliphatic carbocycles. The van der Waals surface area contributed by atoms with E-state index in [0.717, 1.165) is 20.3 Å². The van der Waals surface area contributed by atoms with Gasteiger partial charge in [0.2, 0.25) is 0 Å². The molecule has 31 heavy (non-hydrogen) atoms. The summed E-state index contributed by atoms with van der Waals surface area (Å²) in [5, 5.41) is 11.2. The molecule has 7 nitrogen and oxygen atoms in total. The standard InChI is InChI=1S/C21H29F3N4O3/c1-13-10-20(4,5)27(11-13)17-14(18(29)30)6-7-15(25-17)28-9-8-16(26-28)31-12-19(2,3)21(22,23)24/h6-9,13,16,26H,10-12H2,1-5H3,(H,29,30). The Bertz CT molecular complexity index is 870. The van der Waals surface area contributed by atoms with Crippen molar-refractivity contribution >= 4 is 17.6 Å². The largest absolute Gasteiger partial charge is 0.478 e. The fourth-order valence-corrected chi connectivity index (χ4v) is 3.91. The van der Waals surface area contributed by atoms with Gasteiger partial charge in [0.15, 0.2) is 0 Å². The molecule has 2 aliphatic heterocycles. The quantitative estimate of drug-likeness (QED) is 0.685. The lowest BCUT2D eigenvalue weighted by Crippen LogP contribution is -2.43. The number of carbonyl (C=O) groups is 1. The summed E-state index contributed by atoms with van der Waals surface area (Å²) in [6.45, 7) is 8.56. The third kappa shape index (κ3) is 4.79. The molecule has 3 rings (SSSR count). The van der Waals surface area contributed by atoms with Crippen molar-refractivity contribution in [1.82, 2.24) is 10.4 Å². The first-order valence-corrected chi connectivity index (χ1v) is 10.2. The van der Waals surface area contributed by atoms with Crippen molar-refractivity contribution in [2.24, 2.45) is 11.3 Å². The maximum Gasteiger partial charge on any atom is 0.396 e. The fraction of sp³-hybridized carbons (Fsp3) is 0.619. The van der Waals surface area contributed by atoms with Crippen molar-refractivity contribution in [1.29, 1.82) is 0 Å². The lowest BCUT2D eigenvalue weighted by Gasteiger charge is -2.34. The summed E-state index contributed by atoms with van der Waals surface area (Å²) < 4.78 is 44.5. The van der Waals surface area contributed by atoms with E-state index in [1.54, 1.807) is 18.3 Å². The zero-order chi connectivity index (χ0) is 23.2. The molecule has 1 fully saturated rings. The number of hydrazine groups is 1. The number of anilines is 2. The number of aromatic carboxylic acids is 1. The summed E-state index contributed by atoms with van der Waals surface area (Å²) in [5.41, 5.74) is 0.802. The minimum absolute atomic E-state index is 0.105. The van der Waals surface area contributed by atoms with Gasteiger partial charge in [0.25, 0.3) is 0 Å². The minimum Gasteiger partial charge on any atom is -0.478 e. The molecule has 2 atom stereocenters. The second-order valence-corrected chi connectivity index (χ2v) is 9.53. The van der Waals surface area contributed by atoms with Crippen LogP contribution in [0.25, 0.3) is 0 Å². The number of halogens is 3. The monoisotopic (exact) mass is 442 g/mol. The number of nitrogens with zero attached hydrogens (tertiary/aromatic N) is 3. The molecule has 10 heteroatoms. The Morgan fingerprint density at radius 3 is 2.58 bits per heavy atom. The number of ether oxygens (including phenoxy) is 1. The van der Waals surface area contributed by atoms with E-state index in [4.69, 9.17) is 4.74 Å². The molecule has 3 heterocycles. The number of nitrogens with one attached hydrogen (secondary N) is 1. The number of hydrogen-bond donors (Lipinski definition) is 2. The van der Waals surface area contributed by atoms with Gasteiger partial charge in [-0.1, -0.05) is 6.92 Å². The van der Waals surface area contributed by atoms with Crippen LogP contribution >= 0.6 is 0 Å². The summed E-state index contributed by atoms with van der Waals surface area (Å²) in [4.78, 5) is 18.4. The number of hydrogen-bond acceptors (Lipinski definition) is 6. The predicted octanol–water partition coefficient (Wildman–Crippen LogP) is 4.17. The summed E-state index contributed by atoms with van der Waals surface area (Å²) in [7, 11) is 0. The highest BCUT2D eigenvalue weighted by Crippen LogP contribution is 2.39. The molecule has 1 aromatic heterocycles. The van der Waals surface area contributed by atoms with E-state index in [1.165, 1.54) is 11.1 Å². The third-order valence-corrected chi connectivity index (χ3v) is 5.73. The van der Waals surface area contributed by atoms with E-state index < -0.39 is 30.4 Å². The van der Waals surface area contributed by atoms with Crippen LogP contribution in [-0.4, -0.2) is 47.2 Å². The van der Waals surface area contributed by atoms with E-state index in [-0.39, 0.29) is 11.1 Å². The molecule has 0 saturated carbocycles. The summed E-state index contributed by atoms with van der Waals surface area (Å²) in [6, 6.07) is 3.05. The van der Waals surface area contributed by atoms with E-state index in [0.29, 0.717) is 24.1 Å². The number of pyridine rings is 1. The van der Waals surface area contributed by atoms with Crippen LogP contribution in [0, 0.1) is 11.3 Å². The van der Waals surface area contributed by atoms with Gasteiger partial charge in [-0.05, 0) is 58.2 Å². The van der Waals surface area contributed by atoms with Crippen LogP contribution < -0.4 is 15.3 Å². The Morgan fingerprint density at radius 1 is 1.35 bits per heavy atom. The van der Waals surface area contributed by atoms with Gasteiger partial charge in [-0.3, -0.25) is 5.01 Å². The smallest absolute Gasteiger partial charge is 0.396 e. The number of carboxylic acid groups (broad SMARTS) is 1. The molecule has 0 amide bonds. The van der Waals surface area contributed by atoms with Crippen molar-refractivity contribution in [3.8, 4) is 0 Å². The molecular formula is C21H29F3N4O3. The van der Waals surface area contributed by atoms with Crippen LogP contribution in [0.5, 0.6) is 0 Å². The summed E-state index contributed by atoms with van der Waals surface area (Å²) in [5.74, 6) is 0.122. The van der Waals surface area contributed by atoms with Gasteiger partial charge >= 0.3 is 12.1 Å². The Labute approximate surface area is 179 Å². The molecule has 0 bridgehead atoms. The van der Waals surface area contributed by atoms with E-state index in [9.17, 15) is 23.1 Å². The Hall–Kier alpha value is -2.33. The third-order valence-electron chi connectivity index (χ3n) is 5.73. The second kappa shape index (κ2) is 7.98. The average Bonchev–Trinajstić information content (AvgIpc) is 3.21. The van der Waals surface area contributed by atoms with Crippen molar-refractivity contribution in [2.45, 2.75) is 59.0 Å². The van der Waals surface area contributed by atoms with Crippen LogP contribution in [0.15, 0.2) is 24.4 Å². The highest BCUT2D eigenvalue weighted by atomic mass is 19.4. The van der Waals surface area contributed by atoms with E-state index in [2.05, 4.69) is 31.2 Å². The van der Waals surface area contributed by atoms with Crippen LogP contribution in [-0.2, 0) is 4.74 Å². The average molecular weight is 442 g/mol. The molecule has 2 unspecified atom stereocenters. The lowest BCUT2D eigenvalue weighted by molar-refractivity contribution is -0.230. The zero-order valence-corrected chi connectivity index (χ0v) is 18.3. The van der Waals surface area contributed by atoms with Crippen molar-refractivity contribution in [3.05, 3.63) is 30.0 Å². The topological polar surface area (TPSA) is 77.9 Å². The van der Waals surface area contributed by atoms with Gasteiger partial charge in [-0.25, -0.2) is 9.78 Å². The SMILES string of the molecule is CC1CN(c2nc(N3C=CC(OCC(C)(C)C(F)(F)F)N3)ccc2C(=O)O)C(C)(C)C1. The van der Waals surface area contributed by atoms with Gasteiger partial charge in [-0.15, -0.1) is 0 Å². The summed E-state index contributed by atoms with van der Waals surface area (Å²) >= 11 is 0. The van der Waals surface area contributed by atoms with Gasteiger partial charge in [-0.2, -0.15) is 18.6 Å². The van der Waals surface area contributed by atoms with E-state index >= 15 is 0 Å². The Kier molecular flexibility index (Phi) is 6.01. The predicted molar refractivity (Wildman–Crippen MR) is 111 cm³/mol. The van der Waals surface area contributed by atoms with Crippen molar-refractivity contribution in [3.63, 3.8) is 0 Å².